The number of aryl methyl sites for hydroxylation is 1. The monoisotopic (exact) mass is 293 g/mol. The van der Waals surface area contributed by atoms with Gasteiger partial charge in [-0.25, -0.2) is 8.78 Å². The molecule has 1 aromatic heterocycles. The Hall–Kier alpha value is -2.64. The van der Waals surface area contributed by atoms with Gasteiger partial charge in [-0.2, -0.15) is 0 Å². The number of rotatable bonds is 3. The van der Waals surface area contributed by atoms with Gasteiger partial charge in [-0.15, -0.1) is 10.2 Å². The molecule has 0 N–H and O–H groups in total. The minimum atomic E-state index is -1.09. The summed E-state index contributed by atoms with van der Waals surface area (Å²) in [7, 11) is 0. The number of benzene rings is 1. The smallest absolute Gasteiger partial charge is 0.300 e. The van der Waals surface area contributed by atoms with Gasteiger partial charge in [-0.05, 0) is 12.1 Å². The van der Waals surface area contributed by atoms with E-state index in [9.17, 15) is 18.4 Å². The van der Waals surface area contributed by atoms with E-state index in [0.29, 0.717) is 12.3 Å². The molecule has 0 saturated heterocycles. The average molecular weight is 293 g/mol. The van der Waals surface area contributed by atoms with Crippen molar-refractivity contribution in [2.75, 3.05) is 4.90 Å². The van der Waals surface area contributed by atoms with Crippen molar-refractivity contribution in [3.63, 3.8) is 0 Å². The molecule has 1 aromatic carbocycles. The van der Waals surface area contributed by atoms with E-state index >= 15 is 0 Å². The molecule has 6 nitrogen and oxygen atoms in total. The molecule has 108 valence electrons. The first kappa shape index (κ1) is 13.3. The number of Topliss-reactive ketones (excluding diaryl/α,β-unsaturated/α-hetero) is 1. The van der Waals surface area contributed by atoms with Crippen molar-refractivity contribution in [1.82, 2.24) is 10.2 Å². The Morgan fingerprint density at radius 2 is 1.81 bits per heavy atom. The predicted molar refractivity (Wildman–Crippen MR) is 65.6 cm³/mol. The highest BCUT2D eigenvalue weighted by atomic mass is 19.1. The zero-order valence-corrected chi connectivity index (χ0v) is 10.9. The predicted octanol–water partition coefficient (Wildman–Crippen LogP) is 1.64. The van der Waals surface area contributed by atoms with E-state index in [4.69, 9.17) is 4.42 Å². The maximum absolute atomic E-state index is 13.9. The summed E-state index contributed by atoms with van der Waals surface area (Å²) in [6.07, 6.45) is 0.499. The summed E-state index contributed by atoms with van der Waals surface area (Å²) in [5, 5.41) is 7.41. The first-order chi connectivity index (χ1) is 10.0. The summed E-state index contributed by atoms with van der Waals surface area (Å²) < 4.78 is 32.7. The standard InChI is InChI=1S/C13H9F2N3O3/c1-2-8-16-17-9(21-8)5-18-11-7(15)4-3-6(14)10(11)12(19)13(18)20/h3-4H,2,5H2,1H3. The highest BCUT2D eigenvalue weighted by molar-refractivity contribution is 6.52. The second-order valence-electron chi connectivity index (χ2n) is 4.42. The summed E-state index contributed by atoms with van der Waals surface area (Å²) in [5.41, 5.74) is -0.948. The molecule has 1 amide bonds. The lowest BCUT2D eigenvalue weighted by Gasteiger charge is -2.14. The molecule has 0 unspecified atom stereocenters. The van der Waals surface area contributed by atoms with E-state index in [2.05, 4.69) is 10.2 Å². The number of carbonyl (C=O) groups is 2. The molecular formula is C13H9F2N3O3. The fourth-order valence-corrected chi connectivity index (χ4v) is 2.13. The Kier molecular flexibility index (Phi) is 3.00. The van der Waals surface area contributed by atoms with E-state index in [1.807, 2.05) is 0 Å². The number of anilines is 1. The van der Waals surface area contributed by atoms with Crippen LogP contribution in [0.3, 0.4) is 0 Å². The molecule has 2 heterocycles. The minimum absolute atomic E-state index is 0.0458. The van der Waals surface area contributed by atoms with Crippen LogP contribution in [-0.2, 0) is 17.8 Å². The third-order valence-electron chi connectivity index (χ3n) is 3.12. The van der Waals surface area contributed by atoms with Crippen molar-refractivity contribution in [1.29, 1.82) is 0 Å². The number of hydrogen-bond acceptors (Lipinski definition) is 5. The normalized spacial score (nSPS) is 14.0. The van der Waals surface area contributed by atoms with Gasteiger partial charge >= 0.3 is 0 Å². The van der Waals surface area contributed by atoms with Crippen LogP contribution in [0.4, 0.5) is 14.5 Å². The second-order valence-corrected chi connectivity index (χ2v) is 4.42. The summed E-state index contributed by atoms with van der Waals surface area (Å²) in [6, 6.07) is 1.67. The molecule has 1 aliphatic heterocycles. The fourth-order valence-electron chi connectivity index (χ4n) is 2.13. The fraction of sp³-hybridized carbons (Fsp3) is 0.231. The lowest BCUT2D eigenvalue weighted by atomic mass is 10.1. The Morgan fingerprint density at radius 1 is 1.14 bits per heavy atom. The molecule has 21 heavy (non-hydrogen) atoms. The number of hydrogen-bond donors (Lipinski definition) is 0. The third kappa shape index (κ3) is 1.99. The molecule has 8 heteroatoms. The molecule has 3 rings (SSSR count). The van der Waals surface area contributed by atoms with Crippen molar-refractivity contribution in [3.05, 3.63) is 41.1 Å². The van der Waals surface area contributed by atoms with Gasteiger partial charge in [0.1, 0.15) is 18.2 Å². The Morgan fingerprint density at radius 3 is 2.48 bits per heavy atom. The number of nitrogens with zero attached hydrogens (tertiary/aromatic N) is 3. The second kappa shape index (κ2) is 4.72. The third-order valence-corrected chi connectivity index (χ3v) is 3.12. The van der Waals surface area contributed by atoms with E-state index in [1.165, 1.54) is 0 Å². The number of aromatic nitrogens is 2. The van der Waals surface area contributed by atoms with Crippen LogP contribution in [0, 0.1) is 11.6 Å². The average Bonchev–Trinajstić information content (AvgIpc) is 3.02. The molecule has 0 saturated carbocycles. The Labute approximate surface area is 117 Å². The van der Waals surface area contributed by atoms with E-state index in [-0.39, 0.29) is 18.1 Å². The molecule has 1 aliphatic rings. The van der Waals surface area contributed by atoms with Crippen LogP contribution in [0.5, 0.6) is 0 Å². The lowest BCUT2D eigenvalue weighted by Crippen LogP contribution is -2.29. The number of halogens is 2. The van der Waals surface area contributed by atoms with Crippen LogP contribution in [0.15, 0.2) is 16.5 Å². The maximum Gasteiger partial charge on any atom is 0.300 e. The minimum Gasteiger partial charge on any atom is -0.423 e. The number of ketones is 1. The van der Waals surface area contributed by atoms with E-state index in [1.54, 1.807) is 6.92 Å². The number of carbonyl (C=O) groups excluding carboxylic acids is 2. The Bertz CT molecular complexity index is 757. The molecule has 0 spiro atoms. The molecule has 0 aliphatic carbocycles. The lowest BCUT2D eigenvalue weighted by molar-refractivity contribution is -0.114. The van der Waals surface area contributed by atoms with Gasteiger partial charge in [-0.3, -0.25) is 14.5 Å². The van der Waals surface area contributed by atoms with Crippen molar-refractivity contribution in [3.8, 4) is 0 Å². The van der Waals surface area contributed by atoms with Gasteiger partial charge in [0.15, 0.2) is 0 Å². The summed E-state index contributed by atoms with van der Waals surface area (Å²) in [6.45, 7) is 1.51. The molecular weight excluding hydrogens is 284 g/mol. The van der Waals surface area contributed by atoms with Crippen LogP contribution < -0.4 is 4.90 Å². The largest absolute Gasteiger partial charge is 0.423 e. The van der Waals surface area contributed by atoms with Gasteiger partial charge in [0.2, 0.25) is 11.8 Å². The van der Waals surface area contributed by atoms with Crippen LogP contribution >= 0.6 is 0 Å². The zero-order chi connectivity index (χ0) is 15.1. The van der Waals surface area contributed by atoms with Gasteiger partial charge in [0.25, 0.3) is 11.7 Å². The van der Waals surface area contributed by atoms with Crippen LogP contribution in [-0.4, -0.2) is 21.9 Å². The Balaban J connectivity index is 2.03. The van der Waals surface area contributed by atoms with Gasteiger partial charge in [-0.1, -0.05) is 6.92 Å². The summed E-state index contributed by atoms with van der Waals surface area (Å²) in [4.78, 5) is 24.5. The quantitative estimate of drug-likeness (QED) is 0.804. The maximum atomic E-state index is 13.9. The SMILES string of the molecule is CCc1nnc(CN2C(=O)C(=O)c3c(F)ccc(F)c32)o1. The first-order valence-corrected chi connectivity index (χ1v) is 6.18. The molecule has 0 atom stereocenters. The summed E-state index contributed by atoms with van der Waals surface area (Å²) in [5.74, 6) is -3.51. The highest BCUT2D eigenvalue weighted by Crippen LogP contribution is 2.34. The van der Waals surface area contributed by atoms with Gasteiger partial charge < -0.3 is 4.42 Å². The molecule has 0 radical (unpaired) electrons. The van der Waals surface area contributed by atoms with Crippen molar-refractivity contribution >= 4 is 17.4 Å². The van der Waals surface area contributed by atoms with Gasteiger partial charge in [0.05, 0.1) is 11.3 Å². The van der Waals surface area contributed by atoms with Crippen LogP contribution in [0.25, 0.3) is 0 Å². The van der Waals surface area contributed by atoms with Crippen molar-refractivity contribution in [2.45, 2.75) is 19.9 Å². The topological polar surface area (TPSA) is 76.3 Å². The molecule has 2 aromatic rings. The van der Waals surface area contributed by atoms with E-state index < -0.39 is 28.9 Å². The van der Waals surface area contributed by atoms with Crippen LogP contribution in [0.1, 0.15) is 29.1 Å². The van der Waals surface area contributed by atoms with Crippen LogP contribution in [0.2, 0.25) is 0 Å². The highest BCUT2D eigenvalue weighted by Gasteiger charge is 2.41. The number of fused-ring (bicyclic) bond motifs is 1. The van der Waals surface area contributed by atoms with Crippen molar-refractivity contribution in [2.24, 2.45) is 0 Å². The van der Waals surface area contributed by atoms with E-state index in [0.717, 1.165) is 17.0 Å². The molecule has 0 bridgehead atoms. The number of amides is 1. The van der Waals surface area contributed by atoms with Gasteiger partial charge in [0, 0.05) is 6.42 Å². The molecule has 0 fully saturated rings. The first-order valence-electron chi connectivity index (χ1n) is 6.18. The summed E-state index contributed by atoms with van der Waals surface area (Å²) >= 11 is 0. The zero-order valence-electron chi connectivity index (χ0n) is 10.9. The van der Waals surface area contributed by atoms with Crippen molar-refractivity contribution < 1.29 is 22.8 Å².